The lowest BCUT2D eigenvalue weighted by molar-refractivity contribution is 0.715. The molecule has 0 fully saturated rings. The van der Waals surface area contributed by atoms with Crippen molar-refractivity contribution in [2.45, 2.75) is 6.54 Å². The lowest BCUT2D eigenvalue weighted by Crippen LogP contribution is -2.16. The van der Waals surface area contributed by atoms with E-state index in [1.54, 1.807) is 0 Å². The molecule has 0 aliphatic heterocycles. The van der Waals surface area contributed by atoms with E-state index in [-0.39, 0.29) is 0 Å². The maximum atomic E-state index is 4.18. The van der Waals surface area contributed by atoms with E-state index in [0.717, 1.165) is 24.9 Å². The second-order valence-corrected chi connectivity index (χ2v) is 5.60. The van der Waals surface area contributed by atoms with Gasteiger partial charge in [0.15, 0.2) is 0 Å². The van der Waals surface area contributed by atoms with Gasteiger partial charge in [-0.25, -0.2) is 0 Å². The van der Waals surface area contributed by atoms with E-state index in [9.17, 15) is 0 Å². The van der Waals surface area contributed by atoms with Gasteiger partial charge in [-0.05, 0) is 36.0 Å². The average molecular weight is 322 g/mol. The fraction of sp³-hybridized carbons (Fsp3) is 0.150. The fourth-order valence-corrected chi connectivity index (χ4v) is 2.29. The summed E-state index contributed by atoms with van der Waals surface area (Å²) in [6.45, 7) is 1.90. The average Bonchev–Trinajstić information content (AvgIpc) is 2.65. The first kappa shape index (κ1) is 17.3. The SMILES string of the molecule is PCCNCc1ccccn1.c1ccc(-c2ccccc2)cc1. The number of aromatic nitrogens is 1. The molecule has 0 amide bonds. The number of hydrogen-bond acceptors (Lipinski definition) is 2. The van der Waals surface area contributed by atoms with Crippen molar-refractivity contribution in [3.63, 3.8) is 0 Å². The fourth-order valence-electron chi connectivity index (χ4n) is 2.08. The Balaban J connectivity index is 0.000000168. The summed E-state index contributed by atoms with van der Waals surface area (Å²) in [5.74, 6) is 0. The van der Waals surface area contributed by atoms with Crippen LogP contribution in [0.25, 0.3) is 11.1 Å². The van der Waals surface area contributed by atoms with Gasteiger partial charge in [0, 0.05) is 12.7 Å². The van der Waals surface area contributed by atoms with Crippen molar-refractivity contribution < 1.29 is 0 Å². The van der Waals surface area contributed by atoms with Crippen molar-refractivity contribution in [2.24, 2.45) is 0 Å². The molecular weight excluding hydrogens is 299 g/mol. The van der Waals surface area contributed by atoms with Gasteiger partial charge in [0.05, 0.1) is 5.69 Å². The molecule has 1 unspecified atom stereocenters. The summed E-state index contributed by atoms with van der Waals surface area (Å²) in [5, 5.41) is 3.27. The number of rotatable bonds is 5. The molecule has 1 atom stereocenters. The van der Waals surface area contributed by atoms with E-state index in [4.69, 9.17) is 0 Å². The molecule has 0 radical (unpaired) electrons. The van der Waals surface area contributed by atoms with Gasteiger partial charge in [-0.3, -0.25) is 4.98 Å². The van der Waals surface area contributed by atoms with Gasteiger partial charge in [0.25, 0.3) is 0 Å². The molecule has 0 saturated carbocycles. The van der Waals surface area contributed by atoms with Crippen LogP contribution in [-0.4, -0.2) is 17.7 Å². The quantitative estimate of drug-likeness (QED) is 0.556. The predicted octanol–water partition coefficient (Wildman–Crippen LogP) is 4.40. The predicted molar refractivity (Wildman–Crippen MR) is 102 cm³/mol. The zero-order chi connectivity index (χ0) is 16.2. The van der Waals surface area contributed by atoms with Gasteiger partial charge >= 0.3 is 0 Å². The Labute approximate surface area is 141 Å². The van der Waals surface area contributed by atoms with Crippen LogP contribution in [-0.2, 0) is 6.54 Å². The topological polar surface area (TPSA) is 24.9 Å². The van der Waals surface area contributed by atoms with Crippen molar-refractivity contribution in [3.05, 3.63) is 90.8 Å². The second kappa shape index (κ2) is 10.7. The first-order valence-electron chi connectivity index (χ1n) is 7.81. The van der Waals surface area contributed by atoms with Gasteiger partial charge in [-0.2, -0.15) is 0 Å². The van der Waals surface area contributed by atoms with Gasteiger partial charge in [0.2, 0.25) is 0 Å². The number of benzene rings is 2. The van der Waals surface area contributed by atoms with Gasteiger partial charge in [0.1, 0.15) is 0 Å². The summed E-state index contributed by atoms with van der Waals surface area (Å²) in [6, 6.07) is 26.7. The third kappa shape index (κ3) is 6.73. The maximum Gasteiger partial charge on any atom is 0.0541 e. The van der Waals surface area contributed by atoms with E-state index in [1.807, 2.05) is 36.5 Å². The molecule has 3 heteroatoms. The summed E-state index contributed by atoms with van der Waals surface area (Å²) in [5.41, 5.74) is 3.65. The van der Waals surface area contributed by atoms with Crippen LogP contribution in [0.15, 0.2) is 85.1 Å². The molecule has 2 nitrogen and oxygen atoms in total. The van der Waals surface area contributed by atoms with Gasteiger partial charge in [-0.1, -0.05) is 66.7 Å². The summed E-state index contributed by atoms with van der Waals surface area (Å²) >= 11 is 0. The highest BCUT2D eigenvalue weighted by molar-refractivity contribution is 7.16. The van der Waals surface area contributed by atoms with E-state index in [0.29, 0.717) is 0 Å². The molecule has 1 aromatic heterocycles. The lowest BCUT2D eigenvalue weighted by Gasteiger charge is -2.00. The molecule has 0 aliphatic carbocycles. The molecule has 0 spiro atoms. The minimum atomic E-state index is 0.870. The van der Waals surface area contributed by atoms with Crippen molar-refractivity contribution in [1.29, 1.82) is 0 Å². The summed E-state index contributed by atoms with van der Waals surface area (Å²) in [6.07, 6.45) is 2.91. The Bertz CT molecular complexity index is 605. The third-order valence-electron chi connectivity index (χ3n) is 3.23. The highest BCUT2D eigenvalue weighted by atomic mass is 31.0. The Morgan fingerprint density at radius 1 is 0.739 bits per heavy atom. The smallest absolute Gasteiger partial charge is 0.0541 e. The van der Waals surface area contributed by atoms with Crippen LogP contribution >= 0.6 is 9.24 Å². The molecule has 3 rings (SSSR count). The van der Waals surface area contributed by atoms with Crippen LogP contribution in [0.1, 0.15) is 5.69 Å². The van der Waals surface area contributed by atoms with Crippen LogP contribution in [0, 0.1) is 0 Å². The summed E-state index contributed by atoms with van der Waals surface area (Å²) in [7, 11) is 2.68. The van der Waals surface area contributed by atoms with Crippen molar-refractivity contribution in [1.82, 2.24) is 10.3 Å². The Hall–Kier alpha value is -2.02. The second-order valence-electron chi connectivity index (χ2n) is 5.02. The van der Waals surface area contributed by atoms with Crippen molar-refractivity contribution in [3.8, 4) is 11.1 Å². The molecule has 118 valence electrons. The molecular formula is C20H23N2P. The molecule has 1 N–H and O–H groups in total. The third-order valence-corrected chi connectivity index (χ3v) is 3.52. The zero-order valence-corrected chi connectivity index (χ0v) is 14.4. The van der Waals surface area contributed by atoms with Crippen LogP contribution in [0.4, 0.5) is 0 Å². The number of pyridine rings is 1. The van der Waals surface area contributed by atoms with Crippen molar-refractivity contribution >= 4 is 9.24 Å². The first-order valence-corrected chi connectivity index (χ1v) is 8.63. The van der Waals surface area contributed by atoms with Crippen molar-refractivity contribution in [2.75, 3.05) is 12.7 Å². The van der Waals surface area contributed by atoms with Gasteiger partial charge < -0.3 is 5.32 Å². The zero-order valence-electron chi connectivity index (χ0n) is 13.2. The largest absolute Gasteiger partial charge is 0.311 e. The van der Waals surface area contributed by atoms with Crippen LogP contribution in [0.3, 0.4) is 0 Å². The summed E-state index contributed by atoms with van der Waals surface area (Å²) < 4.78 is 0. The normalized spacial score (nSPS) is 9.78. The highest BCUT2D eigenvalue weighted by Crippen LogP contribution is 2.17. The Morgan fingerprint density at radius 3 is 1.78 bits per heavy atom. The van der Waals surface area contributed by atoms with Crippen LogP contribution < -0.4 is 5.32 Å². The highest BCUT2D eigenvalue weighted by Gasteiger charge is 1.92. The molecule has 0 aliphatic rings. The molecule has 0 bridgehead atoms. The molecule has 0 saturated heterocycles. The first-order chi connectivity index (χ1) is 11.4. The molecule has 1 heterocycles. The summed E-state index contributed by atoms with van der Waals surface area (Å²) in [4.78, 5) is 4.18. The van der Waals surface area contributed by atoms with E-state index >= 15 is 0 Å². The van der Waals surface area contributed by atoms with E-state index in [2.05, 4.69) is 68.1 Å². The minimum Gasteiger partial charge on any atom is -0.311 e. The lowest BCUT2D eigenvalue weighted by atomic mass is 10.1. The molecule has 2 aromatic carbocycles. The Kier molecular flexibility index (Phi) is 8.04. The number of nitrogens with one attached hydrogen (secondary N) is 1. The van der Waals surface area contributed by atoms with Crippen LogP contribution in [0.5, 0.6) is 0 Å². The van der Waals surface area contributed by atoms with E-state index < -0.39 is 0 Å². The maximum absolute atomic E-state index is 4.18. The van der Waals surface area contributed by atoms with E-state index in [1.165, 1.54) is 11.1 Å². The molecule has 23 heavy (non-hydrogen) atoms. The van der Waals surface area contributed by atoms with Gasteiger partial charge in [-0.15, -0.1) is 9.24 Å². The monoisotopic (exact) mass is 322 g/mol. The molecule has 3 aromatic rings. The number of nitrogens with zero attached hydrogens (tertiary/aromatic N) is 1. The minimum absolute atomic E-state index is 0.870. The van der Waals surface area contributed by atoms with Crippen LogP contribution in [0.2, 0.25) is 0 Å². The number of hydrogen-bond donors (Lipinski definition) is 1. The standard InChI is InChI=1S/C12H10.C8H13N2P/c1-3-7-11(8-4-1)12-9-5-2-6-10-12;11-6-5-9-7-8-3-1-2-4-10-8/h1-10H;1-4,9H,5-7,11H2. The Morgan fingerprint density at radius 2 is 1.30 bits per heavy atom.